The lowest BCUT2D eigenvalue weighted by Crippen LogP contribution is -2.01. The molecule has 33 heavy (non-hydrogen) atoms. The maximum atomic E-state index is 11.8. The lowest BCUT2D eigenvalue weighted by Gasteiger charge is -2.02. The molecule has 0 amide bonds. The quantitative estimate of drug-likeness (QED) is 0.0753. The zero-order chi connectivity index (χ0) is 24.7. The highest BCUT2D eigenvalue weighted by molar-refractivity contribution is 5.81. The molecule has 0 heterocycles. The second kappa shape index (κ2) is 33.3. The predicted octanol–water partition coefficient (Wildman–Crippen LogP) is 10.7. The zero-order valence-electron chi connectivity index (χ0n) is 22.7. The van der Waals surface area contributed by atoms with Crippen LogP contribution in [-0.2, 0) is 9.53 Å². The summed E-state index contributed by atoms with van der Waals surface area (Å²) in [5.74, 6) is -0.341. The fourth-order valence-electron chi connectivity index (χ4n) is 3.93. The summed E-state index contributed by atoms with van der Waals surface area (Å²) in [6.45, 7) is 8.21. The monoisotopic (exact) mass is 470 g/mol. The maximum absolute atomic E-state index is 11.8. The van der Waals surface area contributed by atoms with E-state index in [0.29, 0.717) is 13.0 Å². The fourth-order valence-corrected chi connectivity index (χ4v) is 3.93. The molecule has 198 valence electrons. The number of halogens is 1. The van der Waals surface area contributed by atoms with E-state index in [-0.39, 0.29) is 12.6 Å². The Bertz CT molecular complexity index is 356. The van der Waals surface area contributed by atoms with Crippen LogP contribution in [-0.4, -0.2) is 19.3 Å². The first-order valence-electron chi connectivity index (χ1n) is 14.6. The standard InChI is InChI=1S/C17H36.C13H23FO2/c1-3-5-7-9-11-13-15-17-16-14-12-10-8-6-4-2;1-2-13(15)16-12-10-8-6-4-3-5-7-9-11-14/h3-17H2,1-2H3;2H,1,3-12H2. The number of unbranched alkanes of at least 4 members (excludes halogenated alkanes) is 21. The molecule has 0 saturated carbocycles. The smallest absolute Gasteiger partial charge is 0.330 e. The van der Waals surface area contributed by atoms with Crippen molar-refractivity contribution < 1.29 is 13.9 Å². The molecule has 0 bridgehead atoms. The van der Waals surface area contributed by atoms with Crippen molar-refractivity contribution in [2.45, 2.75) is 162 Å². The Morgan fingerprint density at radius 1 is 0.576 bits per heavy atom. The molecule has 2 nitrogen and oxygen atoms in total. The van der Waals surface area contributed by atoms with Crippen LogP contribution in [0.2, 0.25) is 0 Å². The second-order valence-corrected chi connectivity index (χ2v) is 9.49. The number of esters is 1. The van der Waals surface area contributed by atoms with Gasteiger partial charge < -0.3 is 4.74 Å². The van der Waals surface area contributed by atoms with Gasteiger partial charge in [0.2, 0.25) is 0 Å². The number of hydrogen-bond acceptors (Lipinski definition) is 2. The summed E-state index contributed by atoms with van der Waals surface area (Å²) in [7, 11) is 0. The highest BCUT2D eigenvalue weighted by Gasteiger charge is 1.96. The summed E-state index contributed by atoms with van der Waals surface area (Å²) in [6, 6.07) is 0. The summed E-state index contributed by atoms with van der Waals surface area (Å²) in [4.78, 5) is 10.7. The number of rotatable bonds is 25. The van der Waals surface area contributed by atoms with E-state index < -0.39 is 0 Å². The van der Waals surface area contributed by atoms with Gasteiger partial charge in [0.05, 0.1) is 13.3 Å². The van der Waals surface area contributed by atoms with Crippen LogP contribution in [0.3, 0.4) is 0 Å². The molecule has 0 aliphatic rings. The normalized spacial score (nSPS) is 10.5. The summed E-state index contributed by atoms with van der Waals surface area (Å²) < 4.78 is 16.6. The molecule has 0 fully saturated rings. The van der Waals surface area contributed by atoms with Gasteiger partial charge >= 0.3 is 5.97 Å². The van der Waals surface area contributed by atoms with Gasteiger partial charge in [-0.2, -0.15) is 0 Å². The van der Waals surface area contributed by atoms with Crippen LogP contribution in [0.1, 0.15) is 162 Å². The van der Waals surface area contributed by atoms with Gasteiger partial charge in [0.25, 0.3) is 0 Å². The van der Waals surface area contributed by atoms with Crippen LogP contribution in [0.15, 0.2) is 12.7 Å². The van der Waals surface area contributed by atoms with Gasteiger partial charge in [-0.05, 0) is 12.8 Å². The third-order valence-corrected chi connectivity index (χ3v) is 6.15. The van der Waals surface area contributed by atoms with Crippen molar-refractivity contribution in [1.82, 2.24) is 0 Å². The summed E-state index contributed by atoms with van der Waals surface area (Å²) in [6.07, 6.45) is 31.5. The number of ether oxygens (including phenoxy) is 1. The predicted molar refractivity (Wildman–Crippen MR) is 145 cm³/mol. The minimum atomic E-state index is -0.341. The van der Waals surface area contributed by atoms with Gasteiger partial charge in [0.15, 0.2) is 0 Å². The van der Waals surface area contributed by atoms with Gasteiger partial charge in [0, 0.05) is 6.08 Å². The lowest BCUT2D eigenvalue weighted by atomic mass is 10.0. The second-order valence-electron chi connectivity index (χ2n) is 9.49. The van der Waals surface area contributed by atoms with Crippen LogP contribution in [0.4, 0.5) is 4.39 Å². The third kappa shape index (κ3) is 35.9. The fraction of sp³-hybridized carbons (Fsp3) is 0.900. The molecular formula is C30H59FO2. The van der Waals surface area contributed by atoms with E-state index in [9.17, 15) is 9.18 Å². The number of alkyl halides is 1. The van der Waals surface area contributed by atoms with Gasteiger partial charge in [-0.15, -0.1) is 0 Å². The van der Waals surface area contributed by atoms with Crippen LogP contribution < -0.4 is 0 Å². The molecule has 0 atom stereocenters. The first-order valence-corrected chi connectivity index (χ1v) is 14.6. The minimum absolute atomic E-state index is 0.186. The molecule has 0 aliphatic heterocycles. The topological polar surface area (TPSA) is 26.3 Å². The van der Waals surface area contributed by atoms with E-state index in [1.807, 2.05) is 0 Å². The summed E-state index contributed by atoms with van der Waals surface area (Å²) in [5.41, 5.74) is 0. The molecule has 0 unspecified atom stereocenters. The lowest BCUT2D eigenvalue weighted by molar-refractivity contribution is -0.137. The molecule has 0 saturated heterocycles. The molecule has 0 spiro atoms. The van der Waals surface area contributed by atoms with Crippen LogP contribution in [0, 0.1) is 0 Å². The van der Waals surface area contributed by atoms with Crippen molar-refractivity contribution in [2.75, 3.05) is 13.3 Å². The Morgan fingerprint density at radius 2 is 0.879 bits per heavy atom. The number of carbonyl (C=O) groups is 1. The van der Waals surface area contributed by atoms with E-state index >= 15 is 0 Å². The highest BCUT2D eigenvalue weighted by Crippen LogP contribution is 2.13. The van der Waals surface area contributed by atoms with E-state index in [1.165, 1.54) is 122 Å². The van der Waals surface area contributed by atoms with E-state index in [2.05, 4.69) is 20.4 Å². The average molecular weight is 471 g/mol. The minimum Gasteiger partial charge on any atom is -0.463 e. The SMILES string of the molecule is C=CC(=O)OCCCCCCCCCCF.CCCCCCCCCCCCCCCCC. The van der Waals surface area contributed by atoms with Gasteiger partial charge in [-0.25, -0.2) is 4.79 Å². The molecule has 0 radical (unpaired) electrons. The van der Waals surface area contributed by atoms with Crippen LogP contribution in [0.25, 0.3) is 0 Å². The Hall–Kier alpha value is -0.860. The summed E-state index contributed by atoms with van der Waals surface area (Å²) >= 11 is 0. The van der Waals surface area contributed by atoms with E-state index in [0.717, 1.165) is 25.7 Å². The molecule has 0 aromatic rings. The summed E-state index contributed by atoms with van der Waals surface area (Å²) in [5, 5.41) is 0. The molecule has 3 heteroatoms. The van der Waals surface area contributed by atoms with Crippen molar-refractivity contribution >= 4 is 5.97 Å². The largest absolute Gasteiger partial charge is 0.463 e. The van der Waals surface area contributed by atoms with E-state index in [1.54, 1.807) is 0 Å². The third-order valence-electron chi connectivity index (χ3n) is 6.15. The average Bonchev–Trinajstić information content (AvgIpc) is 2.83. The first kappa shape index (κ1) is 34.3. The van der Waals surface area contributed by atoms with Crippen molar-refractivity contribution in [2.24, 2.45) is 0 Å². The van der Waals surface area contributed by atoms with Crippen molar-refractivity contribution in [1.29, 1.82) is 0 Å². The zero-order valence-corrected chi connectivity index (χ0v) is 22.7. The number of hydrogen-bond donors (Lipinski definition) is 0. The Balaban J connectivity index is 0. The van der Waals surface area contributed by atoms with Gasteiger partial charge in [-0.3, -0.25) is 4.39 Å². The highest BCUT2D eigenvalue weighted by atomic mass is 19.1. The van der Waals surface area contributed by atoms with Crippen LogP contribution in [0.5, 0.6) is 0 Å². The van der Waals surface area contributed by atoms with Gasteiger partial charge in [0.1, 0.15) is 0 Å². The molecular weight excluding hydrogens is 411 g/mol. The Kier molecular flexibility index (Phi) is 34.6. The van der Waals surface area contributed by atoms with Gasteiger partial charge in [-0.1, -0.05) is 155 Å². The maximum Gasteiger partial charge on any atom is 0.330 e. The molecule has 0 rings (SSSR count). The molecule has 0 N–H and O–H groups in total. The van der Waals surface area contributed by atoms with Crippen LogP contribution >= 0.6 is 0 Å². The van der Waals surface area contributed by atoms with E-state index in [4.69, 9.17) is 4.74 Å². The first-order chi connectivity index (χ1) is 16.2. The Labute approximate surface area is 207 Å². The van der Waals surface area contributed by atoms with Crippen molar-refractivity contribution in [3.05, 3.63) is 12.7 Å². The van der Waals surface area contributed by atoms with Crippen molar-refractivity contribution in [3.63, 3.8) is 0 Å². The Morgan fingerprint density at radius 3 is 1.18 bits per heavy atom. The molecule has 0 aromatic heterocycles. The van der Waals surface area contributed by atoms with Crippen molar-refractivity contribution in [3.8, 4) is 0 Å². The molecule has 0 aliphatic carbocycles. The number of carbonyl (C=O) groups excluding carboxylic acids is 1. The molecule has 0 aromatic carbocycles.